The largest absolute Gasteiger partial charge is 0.350 e. The lowest BCUT2D eigenvalue weighted by molar-refractivity contribution is -0.120. The van der Waals surface area contributed by atoms with Crippen molar-refractivity contribution in [1.29, 1.82) is 0 Å². The maximum absolute atomic E-state index is 13.3. The first-order valence-electron chi connectivity index (χ1n) is 11.9. The number of amides is 2. The molecule has 0 saturated carbocycles. The number of benzene rings is 3. The first-order chi connectivity index (χ1) is 17.6. The predicted molar refractivity (Wildman–Crippen MR) is 144 cm³/mol. The minimum atomic E-state index is -0.110. The van der Waals surface area contributed by atoms with E-state index in [1.54, 1.807) is 17.2 Å². The van der Waals surface area contributed by atoms with Gasteiger partial charge in [0.25, 0.3) is 5.91 Å². The number of pyridine rings is 1. The smallest absolute Gasteiger partial charge is 0.251 e. The number of nitrogens with zero attached hydrogens (tertiary/aromatic N) is 2. The summed E-state index contributed by atoms with van der Waals surface area (Å²) in [6, 6.07) is 31.1. The van der Waals surface area contributed by atoms with Gasteiger partial charge in [-0.05, 0) is 54.0 Å². The van der Waals surface area contributed by atoms with E-state index in [0.29, 0.717) is 13.1 Å². The fourth-order valence-electron chi connectivity index (χ4n) is 3.84. The van der Waals surface area contributed by atoms with Crippen LogP contribution in [0, 0.1) is 6.92 Å². The fourth-order valence-corrected chi connectivity index (χ4v) is 3.84. The number of hydrogen-bond donors (Lipinski definition) is 1. The van der Waals surface area contributed by atoms with Crippen molar-refractivity contribution in [3.05, 3.63) is 137 Å². The van der Waals surface area contributed by atoms with Crippen molar-refractivity contribution in [2.75, 3.05) is 4.90 Å². The molecule has 0 atom stereocenters. The van der Waals surface area contributed by atoms with E-state index in [-0.39, 0.29) is 18.2 Å². The summed E-state index contributed by atoms with van der Waals surface area (Å²) >= 11 is 0. The normalized spacial score (nSPS) is 10.8. The standard InChI is InChI=1S/C31H29N3O2/c1-24-8-7-11-27(20-24)23-34(31(36)18-15-25-9-3-2-4-10-25)29-16-13-26(14-17-29)21-30(35)33-22-28-12-5-6-19-32-28/h2-20H,21-23H2,1H3,(H,33,35)/b18-15+. The maximum Gasteiger partial charge on any atom is 0.251 e. The van der Waals surface area contributed by atoms with E-state index in [0.717, 1.165) is 33.6 Å². The van der Waals surface area contributed by atoms with Gasteiger partial charge in [-0.25, -0.2) is 0 Å². The van der Waals surface area contributed by atoms with Gasteiger partial charge in [0.05, 0.1) is 25.2 Å². The van der Waals surface area contributed by atoms with Crippen LogP contribution in [0.2, 0.25) is 0 Å². The summed E-state index contributed by atoms with van der Waals surface area (Å²) in [5.74, 6) is -0.187. The second-order valence-electron chi connectivity index (χ2n) is 8.60. The zero-order valence-corrected chi connectivity index (χ0v) is 20.3. The summed E-state index contributed by atoms with van der Waals surface area (Å²) in [7, 11) is 0. The second kappa shape index (κ2) is 12.3. The van der Waals surface area contributed by atoms with Gasteiger partial charge in [-0.2, -0.15) is 0 Å². The molecular weight excluding hydrogens is 446 g/mol. The number of aromatic nitrogens is 1. The molecule has 180 valence electrons. The monoisotopic (exact) mass is 475 g/mol. The number of carbonyl (C=O) groups is 2. The predicted octanol–water partition coefficient (Wildman–Crippen LogP) is 5.50. The van der Waals surface area contributed by atoms with E-state index in [4.69, 9.17) is 0 Å². The Morgan fingerprint density at radius 2 is 1.64 bits per heavy atom. The third kappa shape index (κ3) is 7.24. The molecule has 1 heterocycles. The van der Waals surface area contributed by atoms with Crippen LogP contribution in [0.15, 0.2) is 109 Å². The quantitative estimate of drug-likeness (QED) is 0.325. The van der Waals surface area contributed by atoms with E-state index in [1.807, 2.05) is 104 Å². The molecule has 0 fully saturated rings. The Morgan fingerprint density at radius 3 is 2.36 bits per heavy atom. The zero-order valence-electron chi connectivity index (χ0n) is 20.3. The highest BCUT2D eigenvalue weighted by atomic mass is 16.2. The van der Waals surface area contributed by atoms with Crippen molar-refractivity contribution in [2.24, 2.45) is 0 Å². The molecule has 4 rings (SSSR count). The first-order valence-corrected chi connectivity index (χ1v) is 11.9. The van der Waals surface area contributed by atoms with Gasteiger partial charge in [-0.3, -0.25) is 14.6 Å². The molecule has 5 nitrogen and oxygen atoms in total. The SMILES string of the molecule is Cc1cccc(CN(C(=O)/C=C/c2ccccc2)c2ccc(CC(=O)NCc3ccccn3)cc2)c1. The highest BCUT2D eigenvalue weighted by Crippen LogP contribution is 2.20. The third-order valence-electron chi connectivity index (χ3n) is 5.71. The van der Waals surface area contributed by atoms with Crippen molar-refractivity contribution in [1.82, 2.24) is 10.3 Å². The molecule has 0 radical (unpaired) electrons. The van der Waals surface area contributed by atoms with Gasteiger partial charge in [0.15, 0.2) is 0 Å². The third-order valence-corrected chi connectivity index (χ3v) is 5.71. The number of anilines is 1. The Bertz CT molecular complexity index is 1320. The maximum atomic E-state index is 13.3. The van der Waals surface area contributed by atoms with Crippen LogP contribution in [0.5, 0.6) is 0 Å². The highest BCUT2D eigenvalue weighted by molar-refractivity contribution is 6.03. The van der Waals surface area contributed by atoms with Crippen molar-refractivity contribution in [2.45, 2.75) is 26.4 Å². The van der Waals surface area contributed by atoms with Crippen molar-refractivity contribution in [3.63, 3.8) is 0 Å². The molecule has 0 bridgehead atoms. The van der Waals surface area contributed by atoms with Crippen LogP contribution >= 0.6 is 0 Å². The minimum Gasteiger partial charge on any atom is -0.350 e. The molecule has 2 amide bonds. The molecule has 0 aliphatic heterocycles. The van der Waals surface area contributed by atoms with Crippen molar-refractivity contribution in [3.8, 4) is 0 Å². The molecular formula is C31H29N3O2. The number of rotatable bonds is 9. The minimum absolute atomic E-state index is 0.0770. The van der Waals surface area contributed by atoms with Crippen molar-refractivity contribution < 1.29 is 9.59 Å². The lowest BCUT2D eigenvalue weighted by Crippen LogP contribution is -2.29. The van der Waals surface area contributed by atoms with Crippen LogP contribution in [-0.2, 0) is 29.1 Å². The first kappa shape index (κ1) is 24.6. The van der Waals surface area contributed by atoms with E-state index < -0.39 is 0 Å². The van der Waals surface area contributed by atoms with Crippen LogP contribution in [0.1, 0.15) is 27.9 Å². The summed E-state index contributed by atoms with van der Waals surface area (Å²) in [6.45, 7) is 2.88. The molecule has 0 spiro atoms. The molecule has 3 aromatic carbocycles. The Morgan fingerprint density at radius 1 is 0.861 bits per heavy atom. The second-order valence-corrected chi connectivity index (χ2v) is 8.60. The molecule has 1 aromatic heterocycles. The molecule has 0 aliphatic rings. The molecule has 5 heteroatoms. The summed E-state index contributed by atoms with van der Waals surface area (Å²) in [4.78, 5) is 31.6. The van der Waals surface area contributed by atoms with Crippen LogP contribution in [0.4, 0.5) is 5.69 Å². The van der Waals surface area contributed by atoms with Gasteiger partial charge in [-0.1, -0.05) is 78.4 Å². The molecule has 1 N–H and O–H groups in total. The fraction of sp³-hybridized carbons (Fsp3) is 0.129. The Labute approximate surface area is 212 Å². The summed E-state index contributed by atoms with van der Waals surface area (Å²) in [6.07, 6.45) is 5.39. The van der Waals surface area contributed by atoms with Gasteiger partial charge in [0.2, 0.25) is 5.91 Å². The Hall–Kier alpha value is -4.51. The van der Waals surface area contributed by atoms with Crippen LogP contribution < -0.4 is 10.2 Å². The van der Waals surface area contributed by atoms with Gasteiger partial charge in [-0.15, -0.1) is 0 Å². The highest BCUT2D eigenvalue weighted by Gasteiger charge is 2.15. The van der Waals surface area contributed by atoms with Gasteiger partial charge < -0.3 is 10.2 Å². The molecule has 36 heavy (non-hydrogen) atoms. The molecule has 0 saturated heterocycles. The topological polar surface area (TPSA) is 62.3 Å². The molecule has 4 aromatic rings. The summed E-state index contributed by atoms with van der Waals surface area (Å²) in [5.41, 5.74) is 5.63. The molecule has 0 aliphatic carbocycles. The van der Waals surface area contributed by atoms with E-state index >= 15 is 0 Å². The lowest BCUT2D eigenvalue weighted by atomic mass is 10.1. The van der Waals surface area contributed by atoms with E-state index in [9.17, 15) is 9.59 Å². The summed E-state index contributed by atoms with van der Waals surface area (Å²) in [5, 5.41) is 2.90. The zero-order chi connectivity index (χ0) is 25.2. The van der Waals surface area contributed by atoms with Crippen LogP contribution in [0.3, 0.4) is 0 Å². The Balaban J connectivity index is 1.47. The number of carbonyl (C=O) groups excluding carboxylic acids is 2. The average molecular weight is 476 g/mol. The molecule has 0 unspecified atom stereocenters. The van der Waals surface area contributed by atoms with E-state index in [1.165, 1.54) is 0 Å². The Kier molecular flexibility index (Phi) is 8.39. The van der Waals surface area contributed by atoms with E-state index in [2.05, 4.69) is 16.4 Å². The summed E-state index contributed by atoms with van der Waals surface area (Å²) < 4.78 is 0. The van der Waals surface area contributed by atoms with Gasteiger partial charge in [0.1, 0.15) is 0 Å². The number of nitrogens with one attached hydrogen (secondary N) is 1. The number of hydrogen-bond acceptors (Lipinski definition) is 3. The van der Waals surface area contributed by atoms with Crippen molar-refractivity contribution >= 4 is 23.6 Å². The van der Waals surface area contributed by atoms with Gasteiger partial charge in [0, 0.05) is 18.0 Å². The average Bonchev–Trinajstić information content (AvgIpc) is 2.91. The van der Waals surface area contributed by atoms with Crippen LogP contribution in [0.25, 0.3) is 6.08 Å². The lowest BCUT2D eigenvalue weighted by Gasteiger charge is -2.22. The number of aryl methyl sites for hydroxylation is 1. The van der Waals surface area contributed by atoms with Gasteiger partial charge >= 0.3 is 0 Å². The van der Waals surface area contributed by atoms with Crippen LogP contribution in [-0.4, -0.2) is 16.8 Å².